The molecule has 0 spiro atoms. The van der Waals surface area contributed by atoms with E-state index in [4.69, 9.17) is 0 Å². The Labute approximate surface area is 86.8 Å². The van der Waals surface area contributed by atoms with E-state index in [2.05, 4.69) is 41.3 Å². The largest absolute Gasteiger partial charge is 0.464 e. The highest BCUT2D eigenvalue weighted by Crippen LogP contribution is 2.03. The van der Waals surface area contributed by atoms with E-state index in [0.717, 1.165) is 0 Å². The minimum Gasteiger partial charge on any atom is -0.464 e. The summed E-state index contributed by atoms with van der Waals surface area (Å²) in [6, 6.07) is 0. The first-order chi connectivity index (χ1) is 5.57. The van der Waals surface area contributed by atoms with Crippen molar-refractivity contribution in [3.05, 3.63) is 0 Å². The average Bonchev–Trinajstić information content (AvgIpc) is 2.00. The predicted octanol–water partition coefficient (Wildman–Crippen LogP) is 1.21. The molecule has 0 bridgehead atoms. The van der Waals surface area contributed by atoms with Crippen LogP contribution in [0.4, 0.5) is 0 Å². The van der Waals surface area contributed by atoms with Crippen molar-refractivity contribution in [2.45, 2.75) is 11.8 Å². The Morgan fingerprint density at radius 1 is 1.42 bits per heavy atom. The Balaban J connectivity index is 3.63. The average molecular weight is 304 g/mol. The molecule has 0 fully saturated rings. The predicted molar refractivity (Wildman–Crippen MR) is 49.2 cm³/mol. The molecule has 0 N–H and O–H groups in total. The SMILES string of the molecule is CC(=O)OCC(Br)C(=O)OCBr. The van der Waals surface area contributed by atoms with E-state index in [1.165, 1.54) is 6.92 Å². The van der Waals surface area contributed by atoms with E-state index in [1.807, 2.05) is 0 Å². The van der Waals surface area contributed by atoms with Crippen LogP contribution in [0.15, 0.2) is 0 Å². The lowest BCUT2D eigenvalue weighted by Crippen LogP contribution is -2.23. The fourth-order valence-corrected chi connectivity index (χ4v) is 0.893. The van der Waals surface area contributed by atoms with E-state index in [9.17, 15) is 9.59 Å². The molecule has 0 saturated carbocycles. The van der Waals surface area contributed by atoms with Crippen LogP contribution >= 0.6 is 31.9 Å². The first kappa shape index (κ1) is 11.9. The van der Waals surface area contributed by atoms with E-state index in [1.54, 1.807) is 0 Å². The van der Waals surface area contributed by atoms with Crippen LogP contribution < -0.4 is 0 Å². The molecule has 0 aromatic rings. The first-order valence-corrected chi connectivity index (χ1v) is 5.11. The summed E-state index contributed by atoms with van der Waals surface area (Å²) < 4.78 is 9.14. The summed E-state index contributed by atoms with van der Waals surface area (Å²) in [5.74, 6) is -0.890. The molecule has 0 aliphatic carbocycles. The fraction of sp³-hybridized carbons (Fsp3) is 0.667. The molecule has 70 valence electrons. The molecule has 1 atom stereocenters. The summed E-state index contributed by atoms with van der Waals surface area (Å²) in [6.07, 6.45) is 0. The van der Waals surface area contributed by atoms with Crippen LogP contribution in [0, 0.1) is 0 Å². The van der Waals surface area contributed by atoms with Crippen molar-refractivity contribution in [2.75, 3.05) is 12.1 Å². The number of carbonyl (C=O) groups excluding carboxylic acids is 2. The Bertz CT molecular complexity index is 171. The van der Waals surface area contributed by atoms with E-state index < -0.39 is 16.8 Å². The molecular weight excluding hydrogens is 296 g/mol. The summed E-state index contributed by atoms with van der Waals surface area (Å²) in [4.78, 5) is 20.6. The van der Waals surface area contributed by atoms with Gasteiger partial charge in [-0.1, -0.05) is 15.9 Å². The van der Waals surface area contributed by atoms with Crippen molar-refractivity contribution >= 4 is 43.8 Å². The maximum atomic E-state index is 10.9. The summed E-state index contributed by atoms with van der Waals surface area (Å²) in [6.45, 7) is 1.26. The van der Waals surface area contributed by atoms with Gasteiger partial charge in [0.15, 0.2) is 0 Å². The van der Waals surface area contributed by atoms with Crippen LogP contribution in [0.25, 0.3) is 0 Å². The van der Waals surface area contributed by atoms with Crippen molar-refractivity contribution in [1.29, 1.82) is 0 Å². The van der Waals surface area contributed by atoms with E-state index in [-0.39, 0.29) is 12.1 Å². The smallest absolute Gasteiger partial charge is 0.324 e. The summed E-state index contributed by atoms with van der Waals surface area (Å²) in [5, 5.41) is 0. The fourth-order valence-electron chi connectivity index (χ4n) is 0.403. The second-order valence-corrected chi connectivity index (χ2v) is 3.41. The lowest BCUT2D eigenvalue weighted by Gasteiger charge is -2.07. The topological polar surface area (TPSA) is 52.6 Å². The third-order valence-corrected chi connectivity index (χ3v) is 1.75. The monoisotopic (exact) mass is 302 g/mol. The van der Waals surface area contributed by atoms with Gasteiger partial charge < -0.3 is 9.47 Å². The molecule has 0 aliphatic rings. The Morgan fingerprint density at radius 2 is 2.00 bits per heavy atom. The Morgan fingerprint density at radius 3 is 2.42 bits per heavy atom. The normalized spacial score (nSPS) is 11.9. The van der Waals surface area contributed by atoms with Crippen molar-refractivity contribution in [2.24, 2.45) is 0 Å². The van der Waals surface area contributed by atoms with Crippen LogP contribution in [0.5, 0.6) is 0 Å². The number of hydrogen-bond acceptors (Lipinski definition) is 4. The standard InChI is InChI=1S/C6H8Br2O4/c1-4(9)11-2-5(8)6(10)12-3-7/h5H,2-3H2,1H3. The quantitative estimate of drug-likeness (QED) is 0.579. The summed E-state index contributed by atoms with van der Waals surface area (Å²) in [7, 11) is 0. The molecule has 0 rings (SSSR count). The molecular formula is C6H8Br2O4. The third kappa shape index (κ3) is 5.54. The highest BCUT2D eigenvalue weighted by molar-refractivity contribution is 9.10. The zero-order valence-corrected chi connectivity index (χ0v) is 9.55. The van der Waals surface area contributed by atoms with Crippen LogP contribution in [0.1, 0.15) is 6.92 Å². The highest BCUT2D eigenvalue weighted by atomic mass is 79.9. The van der Waals surface area contributed by atoms with Gasteiger partial charge in [0.2, 0.25) is 0 Å². The number of halogens is 2. The Hall–Kier alpha value is -0.100. The summed E-state index contributed by atoms with van der Waals surface area (Å²) in [5.41, 5.74) is 0.133. The maximum absolute atomic E-state index is 10.9. The first-order valence-electron chi connectivity index (χ1n) is 3.08. The molecule has 4 nitrogen and oxygen atoms in total. The minimum absolute atomic E-state index is 0.0127. The molecule has 1 unspecified atom stereocenters. The van der Waals surface area contributed by atoms with Crippen LogP contribution in [0.3, 0.4) is 0 Å². The summed E-state index contributed by atoms with van der Waals surface area (Å²) >= 11 is 5.93. The molecule has 0 heterocycles. The second kappa shape index (κ2) is 6.42. The lowest BCUT2D eigenvalue weighted by atomic mass is 10.5. The van der Waals surface area contributed by atoms with Gasteiger partial charge >= 0.3 is 11.9 Å². The molecule has 0 saturated heterocycles. The van der Waals surface area contributed by atoms with Crippen LogP contribution in [-0.2, 0) is 19.1 Å². The van der Waals surface area contributed by atoms with Gasteiger partial charge in [0.25, 0.3) is 0 Å². The highest BCUT2D eigenvalue weighted by Gasteiger charge is 2.17. The van der Waals surface area contributed by atoms with Gasteiger partial charge in [0, 0.05) is 6.92 Å². The number of alkyl halides is 2. The maximum Gasteiger partial charge on any atom is 0.324 e. The van der Waals surface area contributed by atoms with E-state index >= 15 is 0 Å². The molecule has 0 amide bonds. The Kier molecular flexibility index (Phi) is 6.37. The second-order valence-electron chi connectivity index (χ2n) is 1.84. The van der Waals surface area contributed by atoms with Crippen molar-refractivity contribution < 1.29 is 19.1 Å². The number of rotatable bonds is 4. The number of hydrogen-bond donors (Lipinski definition) is 0. The van der Waals surface area contributed by atoms with Gasteiger partial charge in [-0.25, -0.2) is 0 Å². The molecule has 0 aromatic heterocycles. The van der Waals surface area contributed by atoms with Gasteiger partial charge in [-0.2, -0.15) is 0 Å². The van der Waals surface area contributed by atoms with Crippen molar-refractivity contribution in [3.63, 3.8) is 0 Å². The molecule has 12 heavy (non-hydrogen) atoms. The van der Waals surface area contributed by atoms with Crippen molar-refractivity contribution in [1.82, 2.24) is 0 Å². The zero-order chi connectivity index (χ0) is 9.56. The van der Waals surface area contributed by atoms with Gasteiger partial charge in [0.1, 0.15) is 17.0 Å². The minimum atomic E-state index is -0.598. The van der Waals surface area contributed by atoms with Gasteiger partial charge in [-0.05, 0) is 15.9 Å². The van der Waals surface area contributed by atoms with Gasteiger partial charge in [-0.3, -0.25) is 9.59 Å². The van der Waals surface area contributed by atoms with Crippen molar-refractivity contribution in [3.8, 4) is 0 Å². The zero-order valence-electron chi connectivity index (χ0n) is 6.38. The van der Waals surface area contributed by atoms with E-state index in [0.29, 0.717) is 0 Å². The molecule has 0 aromatic carbocycles. The lowest BCUT2D eigenvalue weighted by molar-refractivity contribution is -0.145. The van der Waals surface area contributed by atoms with Gasteiger partial charge in [-0.15, -0.1) is 0 Å². The molecule has 6 heteroatoms. The molecule has 0 aliphatic heterocycles. The number of ether oxygens (including phenoxy) is 2. The third-order valence-electron chi connectivity index (χ3n) is 0.885. The number of esters is 2. The van der Waals surface area contributed by atoms with Gasteiger partial charge in [0.05, 0.1) is 0 Å². The van der Waals surface area contributed by atoms with Crippen LogP contribution in [0.2, 0.25) is 0 Å². The molecule has 0 radical (unpaired) electrons. The number of carbonyl (C=O) groups is 2. The van der Waals surface area contributed by atoms with Crippen LogP contribution in [-0.4, -0.2) is 28.9 Å².